The Kier molecular flexibility index (Phi) is 7.90. The summed E-state index contributed by atoms with van der Waals surface area (Å²) < 4.78 is 18.8. The molecule has 3 aromatic rings. The van der Waals surface area contributed by atoms with Crippen molar-refractivity contribution in [2.24, 2.45) is 11.7 Å². The van der Waals surface area contributed by atoms with Crippen molar-refractivity contribution in [2.75, 3.05) is 31.7 Å². The number of piperidine rings is 1. The number of ether oxygens (including phenoxy) is 3. The van der Waals surface area contributed by atoms with Crippen LogP contribution in [0.1, 0.15) is 32.4 Å². The predicted molar refractivity (Wildman–Crippen MR) is 136 cm³/mol. The van der Waals surface area contributed by atoms with Gasteiger partial charge in [0.15, 0.2) is 5.82 Å². The Morgan fingerprint density at radius 2 is 1.97 bits per heavy atom. The van der Waals surface area contributed by atoms with Crippen LogP contribution < -0.4 is 24.8 Å². The number of nitrogens with zero attached hydrogens (tertiary/aromatic N) is 6. The highest BCUT2D eigenvalue weighted by Gasteiger charge is 2.23. The Morgan fingerprint density at radius 1 is 1.19 bits per heavy atom. The van der Waals surface area contributed by atoms with Crippen molar-refractivity contribution < 1.29 is 14.2 Å². The molecule has 0 saturated carbocycles. The Balaban J connectivity index is 1.47. The Bertz CT molecular complexity index is 1220. The molecular formula is C26H31N7O3. The van der Waals surface area contributed by atoms with Gasteiger partial charge in [0.1, 0.15) is 29.4 Å². The monoisotopic (exact) mass is 489 g/mol. The molecule has 188 valence electrons. The molecule has 1 saturated heterocycles. The van der Waals surface area contributed by atoms with E-state index in [1.165, 1.54) is 6.20 Å². The van der Waals surface area contributed by atoms with Crippen molar-refractivity contribution in [2.45, 2.75) is 32.8 Å². The fourth-order valence-electron chi connectivity index (χ4n) is 3.90. The maximum atomic E-state index is 9.53. The van der Waals surface area contributed by atoms with E-state index >= 15 is 0 Å². The summed E-state index contributed by atoms with van der Waals surface area (Å²) in [5.74, 6) is 3.12. The zero-order chi connectivity index (χ0) is 25.5. The van der Waals surface area contributed by atoms with Crippen molar-refractivity contribution in [1.82, 2.24) is 19.7 Å². The first-order valence-electron chi connectivity index (χ1n) is 11.9. The van der Waals surface area contributed by atoms with Crippen molar-refractivity contribution in [1.29, 1.82) is 5.26 Å². The third-order valence-electron chi connectivity index (χ3n) is 5.78. The van der Waals surface area contributed by atoms with Gasteiger partial charge >= 0.3 is 0 Å². The quantitative estimate of drug-likeness (QED) is 0.449. The molecule has 1 aliphatic rings. The lowest BCUT2D eigenvalue weighted by molar-refractivity contribution is 0.170. The molecule has 0 aliphatic carbocycles. The van der Waals surface area contributed by atoms with Crippen LogP contribution in [0.15, 0.2) is 49.1 Å². The van der Waals surface area contributed by atoms with Gasteiger partial charge in [-0.3, -0.25) is 0 Å². The topological polar surface area (TPSA) is 124 Å². The SMILES string of the molecule is COc1ccc(OC2CCN(c3ccn(-c4cc(OCC(C)C)cnc4C(C#N)=CN)n3)CC2)cn1. The molecule has 0 atom stereocenters. The van der Waals surface area contributed by atoms with Gasteiger partial charge in [-0.05, 0) is 12.0 Å². The molecule has 0 bridgehead atoms. The van der Waals surface area contributed by atoms with Gasteiger partial charge in [-0.2, -0.15) is 10.4 Å². The average molecular weight is 490 g/mol. The number of rotatable bonds is 9. The number of aromatic nitrogens is 4. The molecule has 4 heterocycles. The van der Waals surface area contributed by atoms with E-state index in [2.05, 4.69) is 34.8 Å². The number of hydrogen-bond donors (Lipinski definition) is 1. The van der Waals surface area contributed by atoms with E-state index in [0.717, 1.165) is 37.5 Å². The van der Waals surface area contributed by atoms with Crippen molar-refractivity contribution >= 4 is 11.4 Å². The molecule has 2 N–H and O–H groups in total. The summed E-state index contributed by atoms with van der Waals surface area (Å²) in [4.78, 5) is 10.9. The molecule has 0 radical (unpaired) electrons. The van der Waals surface area contributed by atoms with Gasteiger partial charge in [0, 0.05) is 56.5 Å². The minimum atomic E-state index is 0.108. The smallest absolute Gasteiger partial charge is 0.213 e. The Morgan fingerprint density at radius 3 is 2.61 bits per heavy atom. The molecule has 4 rings (SSSR count). The summed E-state index contributed by atoms with van der Waals surface area (Å²) in [7, 11) is 1.59. The second kappa shape index (κ2) is 11.4. The number of nitriles is 1. The third-order valence-corrected chi connectivity index (χ3v) is 5.78. The number of nitrogens with two attached hydrogens (primary N) is 1. The normalized spacial score (nSPS) is 14.5. The predicted octanol–water partition coefficient (Wildman–Crippen LogP) is 3.58. The van der Waals surface area contributed by atoms with Crippen molar-refractivity contribution in [3.05, 3.63) is 54.7 Å². The van der Waals surface area contributed by atoms with Gasteiger partial charge in [0.2, 0.25) is 5.88 Å². The van der Waals surface area contributed by atoms with E-state index in [-0.39, 0.29) is 11.7 Å². The number of allylic oxidation sites excluding steroid dienone is 1. The Labute approximate surface area is 210 Å². The lowest BCUT2D eigenvalue weighted by atomic mass is 10.1. The molecule has 10 nitrogen and oxygen atoms in total. The summed E-state index contributed by atoms with van der Waals surface area (Å²) in [6.45, 7) is 6.33. The van der Waals surface area contributed by atoms with E-state index in [1.54, 1.807) is 30.3 Å². The van der Waals surface area contributed by atoms with Crippen LogP contribution in [-0.2, 0) is 0 Å². The van der Waals surface area contributed by atoms with Crippen molar-refractivity contribution in [3.63, 3.8) is 0 Å². The van der Waals surface area contributed by atoms with E-state index in [4.69, 9.17) is 25.0 Å². The van der Waals surface area contributed by atoms with Gasteiger partial charge in [-0.15, -0.1) is 0 Å². The zero-order valence-electron chi connectivity index (χ0n) is 20.8. The fourth-order valence-corrected chi connectivity index (χ4v) is 3.90. The van der Waals surface area contributed by atoms with Crippen LogP contribution in [0.2, 0.25) is 0 Å². The highest BCUT2D eigenvalue weighted by Crippen LogP contribution is 2.27. The molecular weight excluding hydrogens is 458 g/mol. The molecule has 10 heteroatoms. The van der Waals surface area contributed by atoms with Gasteiger partial charge in [-0.1, -0.05) is 13.8 Å². The molecule has 3 aromatic heterocycles. The molecule has 0 amide bonds. The molecule has 0 unspecified atom stereocenters. The number of hydrogen-bond acceptors (Lipinski definition) is 9. The van der Waals surface area contributed by atoms with Crippen LogP contribution in [0.4, 0.5) is 5.82 Å². The zero-order valence-corrected chi connectivity index (χ0v) is 20.8. The summed E-state index contributed by atoms with van der Waals surface area (Å²) in [5, 5.41) is 14.3. The summed E-state index contributed by atoms with van der Waals surface area (Å²) >= 11 is 0. The largest absolute Gasteiger partial charge is 0.492 e. The molecule has 1 aliphatic heterocycles. The van der Waals surface area contributed by atoms with Crippen molar-refractivity contribution in [3.8, 4) is 29.1 Å². The average Bonchev–Trinajstić information content (AvgIpc) is 3.40. The highest BCUT2D eigenvalue weighted by molar-refractivity contribution is 5.79. The number of pyridine rings is 2. The fraction of sp³-hybridized carbons (Fsp3) is 0.385. The van der Waals surface area contributed by atoms with Gasteiger partial charge in [0.25, 0.3) is 0 Å². The van der Waals surface area contributed by atoms with Gasteiger partial charge < -0.3 is 24.8 Å². The van der Waals surface area contributed by atoms with Crippen LogP contribution >= 0.6 is 0 Å². The summed E-state index contributed by atoms with van der Waals surface area (Å²) in [6.07, 6.45) is 8.24. The Hall–Kier alpha value is -4.26. The molecule has 1 fully saturated rings. The first-order valence-corrected chi connectivity index (χ1v) is 11.9. The standard InChI is InChI=1S/C26H31N7O3/c1-18(2)17-35-22-12-23(26(30-16-22)19(13-27)14-28)33-11-8-24(31-33)32-9-6-20(7-10-32)36-21-4-5-25(34-3)29-15-21/h4-5,8,11-13,15-16,18,20H,6-7,9-10,17,27H2,1-3H3. The minimum Gasteiger partial charge on any atom is -0.492 e. The van der Waals surface area contributed by atoms with Crippen LogP contribution in [0, 0.1) is 17.2 Å². The first kappa shape index (κ1) is 24.9. The molecule has 0 spiro atoms. The third kappa shape index (κ3) is 5.86. The lowest BCUT2D eigenvalue weighted by Crippen LogP contribution is -2.38. The number of methoxy groups -OCH3 is 1. The van der Waals surface area contributed by atoms with Gasteiger partial charge in [0.05, 0.1) is 37.4 Å². The van der Waals surface area contributed by atoms with Crippen LogP contribution in [0.25, 0.3) is 11.3 Å². The number of anilines is 1. The molecule has 0 aromatic carbocycles. The van der Waals surface area contributed by atoms with Crippen LogP contribution in [0.5, 0.6) is 17.4 Å². The summed E-state index contributed by atoms with van der Waals surface area (Å²) in [5.41, 5.74) is 7.04. The van der Waals surface area contributed by atoms with Crippen LogP contribution in [0.3, 0.4) is 0 Å². The second-order valence-electron chi connectivity index (χ2n) is 8.89. The minimum absolute atomic E-state index is 0.108. The summed E-state index contributed by atoms with van der Waals surface area (Å²) in [6, 6.07) is 9.56. The maximum absolute atomic E-state index is 9.53. The lowest BCUT2D eigenvalue weighted by Gasteiger charge is -2.32. The van der Waals surface area contributed by atoms with E-state index in [0.29, 0.717) is 35.5 Å². The van der Waals surface area contributed by atoms with E-state index in [1.807, 2.05) is 24.4 Å². The van der Waals surface area contributed by atoms with E-state index < -0.39 is 0 Å². The molecule has 36 heavy (non-hydrogen) atoms. The highest BCUT2D eigenvalue weighted by atomic mass is 16.5. The second-order valence-corrected chi connectivity index (χ2v) is 8.89. The van der Waals surface area contributed by atoms with E-state index in [9.17, 15) is 5.26 Å². The van der Waals surface area contributed by atoms with Crippen LogP contribution in [-0.4, -0.2) is 52.7 Å². The first-order chi connectivity index (χ1) is 17.5. The van der Waals surface area contributed by atoms with Gasteiger partial charge in [-0.25, -0.2) is 14.6 Å². The maximum Gasteiger partial charge on any atom is 0.213 e.